The summed E-state index contributed by atoms with van der Waals surface area (Å²) in [5, 5.41) is 12.1. The third-order valence-electron chi connectivity index (χ3n) is 5.11. The molecule has 7 atom stereocenters. The van der Waals surface area contributed by atoms with E-state index in [0.717, 1.165) is 19.5 Å². The topological polar surface area (TPSA) is 82.3 Å². The monoisotopic (exact) mass is 376 g/mol. The van der Waals surface area contributed by atoms with Gasteiger partial charge in [-0.1, -0.05) is 53.4 Å². The highest BCUT2D eigenvalue weighted by Crippen LogP contribution is 2.31. The fourth-order valence-corrected chi connectivity index (χ4v) is 4.28. The van der Waals surface area contributed by atoms with Gasteiger partial charge in [-0.05, 0) is 29.6 Å². The summed E-state index contributed by atoms with van der Waals surface area (Å²) in [5.74, 6) is 0.593. The van der Waals surface area contributed by atoms with Crippen molar-refractivity contribution in [1.29, 1.82) is 0 Å². The van der Waals surface area contributed by atoms with Crippen molar-refractivity contribution in [3.63, 3.8) is 0 Å². The molecule has 0 aromatic rings. The van der Waals surface area contributed by atoms with Crippen LogP contribution >= 0.6 is 18.8 Å². The Balaban J connectivity index is 2.78. The Morgan fingerprint density at radius 2 is 1.62 bits per heavy atom. The van der Waals surface area contributed by atoms with Crippen LogP contribution in [0.2, 0.25) is 0 Å². The third kappa shape index (κ3) is 5.62. The van der Waals surface area contributed by atoms with Crippen molar-refractivity contribution in [2.75, 3.05) is 13.1 Å². The second kappa shape index (κ2) is 9.43. The second-order valence-corrected chi connectivity index (χ2v) is 8.70. The van der Waals surface area contributed by atoms with E-state index in [9.17, 15) is 9.59 Å². The van der Waals surface area contributed by atoms with Gasteiger partial charge in [0.1, 0.15) is 12.1 Å². The summed E-state index contributed by atoms with van der Waals surface area (Å²) >= 11 is 0. The number of rotatable bonds is 9. The molecule has 1 fully saturated rings. The molecule has 140 valence electrons. The van der Waals surface area contributed by atoms with E-state index in [1.807, 2.05) is 20.8 Å². The summed E-state index contributed by atoms with van der Waals surface area (Å²) in [7, 11) is 4.97. The molecule has 2 amide bonds. The lowest BCUT2D eigenvalue weighted by Crippen LogP contribution is -2.67. The molecule has 24 heavy (non-hydrogen) atoms. The van der Waals surface area contributed by atoms with Crippen LogP contribution in [-0.4, -0.2) is 37.0 Å². The van der Waals surface area contributed by atoms with Crippen molar-refractivity contribution in [2.24, 2.45) is 23.2 Å². The van der Waals surface area contributed by atoms with Crippen LogP contribution in [0.5, 0.6) is 0 Å². The highest BCUT2D eigenvalue weighted by atomic mass is 31.0. The van der Waals surface area contributed by atoms with Crippen LogP contribution in [0.4, 0.5) is 0 Å². The minimum absolute atomic E-state index is 0.0614. The molecular formula is C16H34N4O2P2. The molecule has 1 rings (SSSR count). The molecule has 0 aliphatic carbocycles. The molecule has 0 aromatic heterocycles. The van der Waals surface area contributed by atoms with Gasteiger partial charge < -0.3 is 20.8 Å². The summed E-state index contributed by atoms with van der Waals surface area (Å²) in [4.78, 5) is 25.2. The van der Waals surface area contributed by atoms with Crippen molar-refractivity contribution < 1.29 is 9.59 Å². The van der Waals surface area contributed by atoms with Gasteiger partial charge >= 0.3 is 0 Å². The standard InChI is InChI=1S/C16H34N4O2P2/c1-9(7-17-23)6-16(4,5)13-15(22)19-12(14(21)20-13)11(3)10(2)8-18-24/h9-13,17-18H,6-8,23-24H2,1-5H3,(H,19,22)(H,20,21). The van der Waals surface area contributed by atoms with Gasteiger partial charge in [0.25, 0.3) is 0 Å². The molecule has 1 saturated heterocycles. The number of piperazine rings is 1. The molecule has 1 aliphatic rings. The fraction of sp³-hybridized carbons (Fsp3) is 0.875. The molecular weight excluding hydrogens is 342 g/mol. The number of hydrogen-bond donors (Lipinski definition) is 4. The summed E-state index contributed by atoms with van der Waals surface area (Å²) in [5.41, 5.74) is -0.303. The quantitative estimate of drug-likeness (QED) is 0.454. The highest BCUT2D eigenvalue weighted by Gasteiger charge is 2.44. The molecule has 4 N–H and O–H groups in total. The van der Waals surface area contributed by atoms with Crippen LogP contribution in [0, 0.1) is 23.2 Å². The van der Waals surface area contributed by atoms with E-state index in [2.05, 4.69) is 53.4 Å². The average Bonchev–Trinajstić information content (AvgIpc) is 2.48. The Kier molecular flexibility index (Phi) is 8.55. The predicted molar refractivity (Wildman–Crippen MR) is 105 cm³/mol. The van der Waals surface area contributed by atoms with Crippen molar-refractivity contribution in [1.82, 2.24) is 20.8 Å². The van der Waals surface area contributed by atoms with Gasteiger partial charge in [0, 0.05) is 13.1 Å². The van der Waals surface area contributed by atoms with Crippen LogP contribution in [0.15, 0.2) is 0 Å². The van der Waals surface area contributed by atoms with Crippen molar-refractivity contribution >= 4 is 30.6 Å². The maximum atomic E-state index is 12.7. The first-order valence-corrected chi connectivity index (χ1v) is 9.77. The Bertz CT molecular complexity index is 448. The molecule has 7 unspecified atom stereocenters. The Morgan fingerprint density at radius 1 is 1.04 bits per heavy atom. The van der Waals surface area contributed by atoms with Crippen LogP contribution in [-0.2, 0) is 9.59 Å². The zero-order valence-corrected chi connectivity index (χ0v) is 17.8. The van der Waals surface area contributed by atoms with Gasteiger partial charge in [0.15, 0.2) is 0 Å². The molecule has 0 radical (unpaired) electrons. The van der Waals surface area contributed by atoms with Crippen molar-refractivity contribution in [3.8, 4) is 0 Å². The number of amides is 2. The number of carbonyl (C=O) groups excluding carboxylic acids is 2. The number of nitrogens with one attached hydrogen (secondary N) is 4. The molecule has 1 heterocycles. The highest BCUT2D eigenvalue weighted by molar-refractivity contribution is 7.13. The Hall–Kier alpha value is -0.280. The van der Waals surface area contributed by atoms with E-state index in [-0.39, 0.29) is 29.1 Å². The smallest absolute Gasteiger partial charge is 0.243 e. The fourth-order valence-electron chi connectivity index (χ4n) is 3.51. The van der Waals surface area contributed by atoms with Gasteiger partial charge in [0.2, 0.25) is 11.8 Å². The summed E-state index contributed by atoms with van der Waals surface area (Å²) in [6.45, 7) is 12.0. The minimum atomic E-state index is -0.490. The zero-order chi connectivity index (χ0) is 18.5. The predicted octanol–water partition coefficient (Wildman–Crippen LogP) is 1.05. The molecule has 0 bridgehead atoms. The van der Waals surface area contributed by atoms with Crippen LogP contribution in [0.25, 0.3) is 0 Å². The number of hydrogen-bond acceptors (Lipinski definition) is 4. The van der Waals surface area contributed by atoms with E-state index >= 15 is 0 Å². The first-order chi connectivity index (χ1) is 11.1. The first kappa shape index (κ1) is 21.8. The van der Waals surface area contributed by atoms with Crippen LogP contribution < -0.4 is 20.8 Å². The first-order valence-electron chi connectivity index (χ1n) is 8.61. The third-order valence-corrected chi connectivity index (χ3v) is 5.59. The van der Waals surface area contributed by atoms with Crippen molar-refractivity contribution in [3.05, 3.63) is 0 Å². The molecule has 0 saturated carbocycles. The van der Waals surface area contributed by atoms with Gasteiger partial charge in [-0.15, -0.1) is 0 Å². The lowest BCUT2D eigenvalue weighted by Gasteiger charge is -2.42. The van der Waals surface area contributed by atoms with E-state index in [1.54, 1.807) is 0 Å². The molecule has 1 aliphatic heterocycles. The molecule has 8 heteroatoms. The van der Waals surface area contributed by atoms with E-state index in [1.165, 1.54) is 0 Å². The van der Waals surface area contributed by atoms with E-state index in [4.69, 9.17) is 0 Å². The lowest BCUT2D eigenvalue weighted by atomic mass is 9.75. The van der Waals surface area contributed by atoms with Crippen LogP contribution in [0.1, 0.15) is 41.0 Å². The maximum absolute atomic E-state index is 12.7. The summed E-state index contributed by atoms with van der Waals surface area (Å²) in [6.07, 6.45) is 0.848. The van der Waals surface area contributed by atoms with E-state index in [0.29, 0.717) is 5.92 Å². The zero-order valence-electron chi connectivity index (χ0n) is 15.5. The normalized spacial score (nSPS) is 25.6. The maximum Gasteiger partial charge on any atom is 0.243 e. The Morgan fingerprint density at radius 3 is 2.17 bits per heavy atom. The molecule has 0 aromatic carbocycles. The van der Waals surface area contributed by atoms with E-state index < -0.39 is 12.1 Å². The van der Waals surface area contributed by atoms with Gasteiger partial charge in [-0.25, -0.2) is 0 Å². The largest absolute Gasteiger partial charge is 0.342 e. The SMILES string of the molecule is CC(CNP)CC(C)(C)C1NC(=O)C(C(C)C(C)CNP)NC1=O. The summed E-state index contributed by atoms with van der Waals surface area (Å²) in [6, 6.07) is -0.959. The minimum Gasteiger partial charge on any atom is -0.342 e. The lowest BCUT2D eigenvalue weighted by molar-refractivity contribution is -0.141. The van der Waals surface area contributed by atoms with Gasteiger partial charge in [0.05, 0.1) is 0 Å². The number of carbonyl (C=O) groups is 2. The van der Waals surface area contributed by atoms with Crippen LogP contribution in [0.3, 0.4) is 0 Å². The molecule has 6 nitrogen and oxygen atoms in total. The Labute approximate surface area is 151 Å². The average molecular weight is 376 g/mol. The van der Waals surface area contributed by atoms with Gasteiger partial charge in [-0.2, -0.15) is 0 Å². The summed E-state index contributed by atoms with van der Waals surface area (Å²) < 4.78 is 0. The van der Waals surface area contributed by atoms with Crippen molar-refractivity contribution in [2.45, 2.75) is 53.1 Å². The second-order valence-electron chi connectivity index (χ2n) is 7.88. The van der Waals surface area contributed by atoms with Gasteiger partial charge in [-0.3, -0.25) is 9.59 Å². The molecule has 0 spiro atoms.